The number of hydrogen-bond donors (Lipinski definition) is 0. The van der Waals surface area contributed by atoms with Crippen molar-refractivity contribution in [3.8, 4) is 45.3 Å². The van der Waals surface area contributed by atoms with Crippen LogP contribution < -0.4 is 18.9 Å². The van der Waals surface area contributed by atoms with Crippen LogP contribution in [0.4, 0.5) is 0 Å². The highest BCUT2D eigenvalue weighted by atomic mass is 16.6. The van der Waals surface area contributed by atoms with E-state index >= 15 is 0 Å². The van der Waals surface area contributed by atoms with E-state index in [-0.39, 0.29) is 18.3 Å². The molecule has 0 amide bonds. The minimum atomic E-state index is 0.114. The van der Waals surface area contributed by atoms with Crippen LogP contribution in [0.15, 0.2) is 48.5 Å². The van der Waals surface area contributed by atoms with Crippen LogP contribution >= 0.6 is 0 Å². The van der Waals surface area contributed by atoms with Gasteiger partial charge in [0, 0.05) is 0 Å². The highest BCUT2D eigenvalue weighted by molar-refractivity contribution is 5.71. The minimum absolute atomic E-state index is 0.114. The van der Waals surface area contributed by atoms with Gasteiger partial charge in [0.25, 0.3) is 0 Å². The molecule has 6 nitrogen and oxygen atoms in total. The predicted molar refractivity (Wildman–Crippen MR) is 202 cm³/mol. The van der Waals surface area contributed by atoms with Crippen LogP contribution in [0.2, 0.25) is 0 Å². The lowest BCUT2D eigenvalue weighted by Gasteiger charge is -2.20. The van der Waals surface area contributed by atoms with Gasteiger partial charge in [0.2, 0.25) is 0 Å². The SMILES string of the molecule is Cc1cc(-c2cc(C)c(OCC3CO3)c(C)c2)cc(C)c1OCCCCC(C)Oc1c(C)cc(-c2cc(C)c(OCC3CO3)c(C)c2)cc1C. The second-order valence-corrected chi connectivity index (χ2v) is 14.6. The van der Waals surface area contributed by atoms with E-state index in [1.807, 2.05) is 0 Å². The summed E-state index contributed by atoms with van der Waals surface area (Å²) in [5.41, 5.74) is 14.0. The summed E-state index contributed by atoms with van der Waals surface area (Å²) >= 11 is 0. The Kier molecular flexibility index (Phi) is 11.1. The molecule has 266 valence electrons. The maximum absolute atomic E-state index is 6.52. The maximum atomic E-state index is 6.52. The van der Waals surface area contributed by atoms with Gasteiger partial charge in [0.1, 0.15) is 48.4 Å². The third-order valence-corrected chi connectivity index (χ3v) is 9.71. The minimum Gasteiger partial charge on any atom is -0.493 e. The Hall–Kier alpha value is -4.00. The summed E-state index contributed by atoms with van der Waals surface area (Å²) in [7, 11) is 0. The Bertz CT molecular complexity index is 1740. The van der Waals surface area contributed by atoms with Gasteiger partial charge in [-0.05, 0) is 197 Å². The molecule has 3 unspecified atom stereocenters. The second-order valence-electron chi connectivity index (χ2n) is 14.6. The molecule has 6 heteroatoms. The lowest BCUT2D eigenvalue weighted by molar-refractivity contribution is 0.199. The van der Waals surface area contributed by atoms with Crippen LogP contribution in [0.3, 0.4) is 0 Å². The summed E-state index contributed by atoms with van der Waals surface area (Å²) in [4.78, 5) is 0. The normalized spacial score (nSPS) is 17.0. The van der Waals surface area contributed by atoms with Crippen molar-refractivity contribution >= 4 is 0 Å². The number of hydrogen-bond acceptors (Lipinski definition) is 6. The van der Waals surface area contributed by atoms with E-state index in [2.05, 4.69) is 111 Å². The first-order valence-electron chi connectivity index (χ1n) is 18.2. The van der Waals surface area contributed by atoms with E-state index in [1.165, 1.54) is 22.3 Å². The molecule has 2 aliphatic heterocycles. The molecular weight excluding hydrogens is 624 g/mol. The summed E-state index contributed by atoms with van der Waals surface area (Å²) in [6, 6.07) is 17.8. The quantitative estimate of drug-likeness (QED) is 0.0869. The molecule has 2 aliphatic rings. The monoisotopic (exact) mass is 678 g/mol. The zero-order chi connectivity index (χ0) is 35.5. The summed E-state index contributed by atoms with van der Waals surface area (Å²) in [5, 5.41) is 0. The Morgan fingerprint density at radius 2 is 0.820 bits per heavy atom. The number of ether oxygens (including phenoxy) is 6. The van der Waals surface area contributed by atoms with Crippen LogP contribution in [-0.2, 0) is 9.47 Å². The molecule has 4 aromatic carbocycles. The summed E-state index contributed by atoms with van der Waals surface area (Å²) < 4.78 is 35.6. The maximum Gasteiger partial charge on any atom is 0.125 e. The van der Waals surface area contributed by atoms with E-state index < -0.39 is 0 Å². The Balaban J connectivity index is 0.992. The standard InChI is InChI=1S/C44H54O6/c1-26-14-35(36-16-28(3)42(29(4)17-36)48-24-39-22-46-39)15-27(2)41(26)45-13-11-10-12-34(9)50-44-32(7)20-38(21-33(44)8)37-18-30(5)43(31(6)19-37)49-25-40-23-47-40/h14-21,34,39-40H,10-13,22-25H2,1-9H3. The molecule has 2 fully saturated rings. The van der Waals surface area contributed by atoms with Crippen molar-refractivity contribution < 1.29 is 28.4 Å². The zero-order valence-electron chi connectivity index (χ0n) is 31.5. The van der Waals surface area contributed by atoms with E-state index in [9.17, 15) is 0 Å². The first kappa shape index (κ1) is 35.8. The van der Waals surface area contributed by atoms with Gasteiger partial charge >= 0.3 is 0 Å². The molecule has 0 saturated carbocycles. The van der Waals surface area contributed by atoms with Crippen LogP contribution in [0, 0.1) is 55.4 Å². The van der Waals surface area contributed by atoms with Crippen molar-refractivity contribution in [3.05, 3.63) is 93.0 Å². The van der Waals surface area contributed by atoms with Crippen molar-refractivity contribution in [2.45, 2.75) is 99.9 Å². The number of unbranched alkanes of at least 4 members (excludes halogenated alkanes) is 1. The molecule has 2 saturated heterocycles. The second kappa shape index (κ2) is 15.5. The highest BCUT2D eigenvalue weighted by Gasteiger charge is 2.25. The molecule has 0 spiro atoms. The summed E-state index contributed by atoms with van der Waals surface area (Å²) in [6.45, 7) is 22.7. The summed E-state index contributed by atoms with van der Waals surface area (Å²) in [6.07, 6.45) is 3.59. The van der Waals surface area contributed by atoms with Gasteiger partial charge in [-0.25, -0.2) is 0 Å². The molecule has 6 rings (SSSR count). The Morgan fingerprint density at radius 1 is 0.500 bits per heavy atom. The fraction of sp³-hybridized carbons (Fsp3) is 0.455. The molecular formula is C44H54O6. The molecule has 2 heterocycles. The van der Waals surface area contributed by atoms with E-state index in [0.29, 0.717) is 19.8 Å². The zero-order valence-corrected chi connectivity index (χ0v) is 31.5. The van der Waals surface area contributed by atoms with Crippen LogP contribution in [0.5, 0.6) is 23.0 Å². The van der Waals surface area contributed by atoms with Gasteiger partial charge in [0.15, 0.2) is 0 Å². The predicted octanol–water partition coefficient (Wildman–Crippen LogP) is 10.1. The van der Waals surface area contributed by atoms with Crippen molar-refractivity contribution in [2.75, 3.05) is 33.0 Å². The largest absolute Gasteiger partial charge is 0.493 e. The first-order valence-corrected chi connectivity index (χ1v) is 18.2. The van der Waals surface area contributed by atoms with Gasteiger partial charge in [-0.3, -0.25) is 0 Å². The van der Waals surface area contributed by atoms with Crippen LogP contribution in [-0.4, -0.2) is 51.3 Å². The highest BCUT2D eigenvalue weighted by Crippen LogP contribution is 2.37. The van der Waals surface area contributed by atoms with E-state index in [4.69, 9.17) is 28.4 Å². The van der Waals surface area contributed by atoms with Crippen LogP contribution in [0.1, 0.15) is 70.7 Å². The van der Waals surface area contributed by atoms with Gasteiger partial charge < -0.3 is 28.4 Å². The summed E-state index contributed by atoms with van der Waals surface area (Å²) in [5.74, 6) is 3.91. The smallest absolute Gasteiger partial charge is 0.125 e. The van der Waals surface area contributed by atoms with E-state index in [1.54, 1.807) is 0 Å². The van der Waals surface area contributed by atoms with Crippen LogP contribution in [0.25, 0.3) is 22.3 Å². The van der Waals surface area contributed by atoms with Crippen molar-refractivity contribution in [1.82, 2.24) is 0 Å². The molecule has 4 aromatic rings. The molecule has 0 N–H and O–H groups in total. The van der Waals surface area contributed by atoms with Gasteiger partial charge in [-0.2, -0.15) is 0 Å². The topological polar surface area (TPSA) is 62.0 Å². The third-order valence-electron chi connectivity index (χ3n) is 9.71. The lowest BCUT2D eigenvalue weighted by Crippen LogP contribution is -2.14. The third kappa shape index (κ3) is 8.83. The first-order chi connectivity index (χ1) is 24.0. The number of rotatable bonds is 16. The molecule has 0 bridgehead atoms. The fourth-order valence-corrected chi connectivity index (χ4v) is 6.99. The van der Waals surface area contributed by atoms with Gasteiger partial charge in [-0.15, -0.1) is 0 Å². The van der Waals surface area contributed by atoms with Crippen molar-refractivity contribution in [2.24, 2.45) is 0 Å². The molecule has 3 atom stereocenters. The molecule has 0 radical (unpaired) electrons. The fourth-order valence-electron chi connectivity index (χ4n) is 6.99. The molecule has 50 heavy (non-hydrogen) atoms. The number of benzene rings is 4. The molecule has 0 aliphatic carbocycles. The molecule has 0 aromatic heterocycles. The lowest BCUT2D eigenvalue weighted by atomic mass is 9.96. The van der Waals surface area contributed by atoms with Crippen molar-refractivity contribution in [3.63, 3.8) is 0 Å². The number of epoxide rings is 2. The average molecular weight is 679 g/mol. The van der Waals surface area contributed by atoms with E-state index in [0.717, 1.165) is 100.0 Å². The van der Waals surface area contributed by atoms with Crippen molar-refractivity contribution in [1.29, 1.82) is 0 Å². The Labute approximate surface area is 299 Å². The van der Waals surface area contributed by atoms with Gasteiger partial charge in [-0.1, -0.05) is 0 Å². The number of aryl methyl sites for hydroxylation is 8. The van der Waals surface area contributed by atoms with Gasteiger partial charge in [0.05, 0.1) is 25.9 Å². The Morgan fingerprint density at radius 3 is 1.16 bits per heavy atom. The average Bonchev–Trinajstić information content (AvgIpc) is 3.99.